The van der Waals surface area contributed by atoms with Crippen molar-refractivity contribution in [3.63, 3.8) is 0 Å². The molecule has 0 radical (unpaired) electrons. The van der Waals surface area contributed by atoms with Crippen LogP contribution in [0, 0.1) is 5.92 Å². The summed E-state index contributed by atoms with van der Waals surface area (Å²) in [6.45, 7) is 17.3. The molecular formula is C27H46O5Si. The summed E-state index contributed by atoms with van der Waals surface area (Å²) in [5.41, 5.74) is 2.71. The number of esters is 1. The molecule has 1 aromatic rings. The minimum absolute atomic E-state index is 0.00909. The van der Waals surface area contributed by atoms with Crippen molar-refractivity contribution < 1.29 is 23.4 Å². The smallest absolute Gasteiger partial charge is 0.308 e. The van der Waals surface area contributed by atoms with Crippen molar-refractivity contribution in [3.05, 3.63) is 35.9 Å². The molecule has 4 atom stereocenters. The van der Waals surface area contributed by atoms with Gasteiger partial charge in [-0.1, -0.05) is 78.8 Å². The molecule has 0 spiro atoms. The van der Waals surface area contributed by atoms with Gasteiger partial charge in [-0.2, -0.15) is 0 Å². The summed E-state index contributed by atoms with van der Waals surface area (Å²) in [5, 5.41) is 0. The average Bonchev–Trinajstić information content (AvgIpc) is 2.77. The van der Waals surface area contributed by atoms with Gasteiger partial charge >= 0.3 is 5.97 Å². The third-order valence-electron chi connectivity index (χ3n) is 7.39. The maximum absolute atomic E-state index is 12.1. The van der Waals surface area contributed by atoms with Crippen LogP contribution < -0.4 is 0 Å². The van der Waals surface area contributed by atoms with Crippen molar-refractivity contribution in [2.24, 2.45) is 5.92 Å². The van der Waals surface area contributed by atoms with Crippen molar-refractivity contribution in [1.29, 1.82) is 0 Å². The van der Waals surface area contributed by atoms with E-state index >= 15 is 0 Å². The first kappa shape index (κ1) is 28.0. The van der Waals surface area contributed by atoms with Crippen LogP contribution in [0.5, 0.6) is 0 Å². The largest absolute Gasteiger partial charge is 0.469 e. The monoisotopic (exact) mass is 478 g/mol. The van der Waals surface area contributed by atoms with E-state index in [2.05, 4.69) is 60.6 Å². The summed E-state index contributed by atoms with van der Waals surface area (Å²) >= 11 is 0. The number of methoxy groups -OCH3 is 1. The molecule has 0 aliphatic carbocycles. The predicted octanol–water partition coefficient (Wildman–Crippen LogP) is 6.51. The number of carbonyl (C=O) groups is 1. The molecule has 0 unspecified atom stereocenters. The molecule has 33 heavy (non-hydrogen) atoms. The zero-order valence-corrected chi connectivity index (χ0v) is 23.0. The minimum atomic E-state index is -2.05. The van der Waals surface area contributed by atoms with Gasteiger partial charge in [-0.05, 0) is 35.0 Å². The van der Waals surface area contributed by atoms with Gasteiger partial charge < -0.3 is 18.6 Å². The van der Waals surface area contributed by atoms with Crippen molar-refractivity contribution >= 4 is 14.3 Å². The van der Waals surface area contributed by atoms with E-state index in [4.69, 9.17) is 18.6 Å². The van der Waals surface area contributed by atoms with Crippen LogP contribution in [0.3, 0.4) is 0 Å². The highest BCUT2D eigenvalue weighted by Crippen LogP contribution is 2.45. The summed E-state index contributed by atoms with van der Waals surface area (Å²) in [6.07, 6.45) is 1.78. The van der Waals surface area contributed by atoms with E-state index in [-0.39, 0.29) is 36.6 Å². The predicted molar refractivity (Wildman–Crippen MR) is 136 cm³/mol. The van der Waals surface area contributed by atoms with E-state index in [9.17, 15) is 4.79 Å². The summed E-state index contributed by atoms with van der Waals surface area (Å²) in [5.74, 6) is -0.0969. The second-order valence-corrected chi connectivity index (χ2v) is 15.9. The van der Waals surface area contributed by atoms with E-state index in [0.29, 0.717) is 29.8 Å². The average molecular weight is 479 g/mol. The molecule has 1 saturated heterocycles. The van der Waals surface area contributed by atoms with Gasteiger partial charge in [-0.25, -0.2) is 0 Å². The van der Waals surface area contributed by atoms with Crippen molar-refractivity contribution in [2.75, 3.05) is 13.7 Å². The van der Waals surface area contributed by atoms with Gasteiger partial charge in [-0.15, -0.1) is 0 Å². The Kier molecular flexibility index (Phi) is 11.1. The lowest BCUT2D eigenvalue weighted by molar-refractivity contribution is -0.160. The minimum Gasteiger partial charge on any atom is -0.469 e. The van der Waals surface area contributed by atoms with Gasteiger partial charge in [0.05, 0.1) is 38.4 Å². The maximum Gasteiger partial charge on any atom is 0.308 e. The summed E-state index contributed by atoms with van der Waals surface area (Å²) < 4.78 is 24.5. The van der Waals surface area contributed by atoms with Crippen LogP contribution in [0.2, 0.25) is 16.6 Å². The Hall–Kier alpha value is -1.21. The van der Waals surface area contributed by atoms with E-state index in [1.165, 1.54) is 12.7 Å². The van der Waals surface area contributed by atoms with Crippen LogP contribution in [-0.2, 0) is 30.0 Å². The number of carbonyl (C=O) groups excluding carboxylic acids is 1. The Morgan fingerprint density at radius 3 is 2.21 bits per heavy atom. The van der Waals surface area contributed by atoms with Gasteiger partial charge in [-0.3, -0.25) is 4.79 Å². The molecule has 2 rings (SSSR count). The molecule has 1 heterocycles. The molecule has 1 aliphatic heterocycles. The highest BCUT2D eigenvalue weighted by Gasteiger charge is 2.49. The standard InChI is InChI=1S/C27H46O5Si/c1-19(2)33(20(3)4,21(5)6)32-26-16-24(31-25(22(26)7)17-27(28)29-8)14-15-30-18-23-12-10-9-11-13-23/h9-13,19-22,24-26H,14-18H2,1-8H3/t22-,24-,25+,26+/m0/s1. The summed E-state index contributed by atoms with van der Waals surface area (Å²) in [7, 11) is -0.612. The Bertz CT molecular complexity index is 684. The van der Waals surface area contributed by atoms with Crippen LogP contribution >= 0.6 is 0 Å². The molecule has 188 valence electrons. The molecule has 0 saturated carbocycles. The zero-order valence-electron chi connectivity index (χ0n) is 22.0. The van der Waals surface area contributed by atoms with Gasteiger partial charge in [0.2, 0.25) is 8.32 Å². The SMILES string of the molecule is COC(=O)C[C@H]1O[C@@H](CCOCc2ccccc2)C[C@@H](O[Si](C(C)C)(C(C)C)C(C)C)[C@H]1C. The highest BCUT2D eigenvalue weighted by atomic mass is 28.4. The van der Waals surface area contributed by atoms with Crippen LogP contribution in [0.15, 0.2) is 30.3 Å². The van der Waals surface area contributed by atoms with Crippen LogP contribution in [0.4, 0.5) is 0 Å². The fourth-order valence-electron chi connectivity index (χ4n) is 5.61. The molecule has 6 heteroatoms. The van der Waals surface area contributed by atoms with Gasteiger partial charge in [0, 0.05) is 12.5 Å². The zero-order chi connectivity index (χ0) is 24.6. The molecule has 1 aliphatic rings. The number of rotatable bonds is 12. The van der Waals surface area contributed by atoms with E-state index in [0.717, 1.165) is 12.8 Å². The summed E-state index contributed by atoms with van der Waals surface area (Å²) in [6, 6.07) is 10.2. The van der Waals surface area contributed by atoms with E-state index in [1.54, 1.807) is 0 Å². The maximum atomic E-state index is 12.1. The quantitative estimate of drug-likeness (QED) is 0.195. The van der Waals surface area contributed by atoms with Crippen molar-refractivity contribution in [3.8, 4) is 0 Å². The van der Waals surface area contributed by atoms with Crippen molar-refractivity contribution in [2.45, 2.75) is 109 Å². The van der Waals surface area contributed by atoms with Gasteiger partial charge in [0.15, 0.2) is 0 Å². The summed E-state index contributed by atoms with van der Waals surface area (Å²) in [4.78, 5) is 12.1. The normalized spacial score (nSPS) is 24.0. The third kappa shape index (κ3) is 7.38. The topological polar surface area (TPSA) is 54.0 Å². The Morgan fingerprint density at radius 2 is 1.67 bits per heavy atom. The third-order valence-corrected chi connectivity index (χ3v) is 13.5. The fourth-order valence-corrected chi connectivity index (χ4v) is 11.3. The van der Waals surface area contributed by atoms with Gasteiger partial charge in [0.25, 0.3) is 0 Å². The highest BCUT2D eigenvalue weighted by molar-refractivity contribution is 6.77. The first-order valence-corrected chi connectivity index (χ1v) is 14.8. The second kappa shape index (κ2) is 13.0. The molecule has 0 aromatic heterocycles. The second-order valence-electron chi connectivity index (χ2n) is 10.5. The number of hydrogen-bond acceptors (Lipinski definition) is 5. The molecule has 1 fully saturated rings. The molecule has 5 nitrogen and oxygen atoms in total. The van der Waals surface area contributed by atoms with Crippen LogP contribution in [0.1, 0.15) is 73.3 Å². The number of benzene rings is 1. The van der Waals surface area contributed by atoms with E-state index < -0.39 is 8.32 Å². The fraction of sp³-hybridized carbons (Fsp3) is 0.741. The van der Waals surface area contributed by atoms with Crippen LogP contribution in [0.25, 0.3) is 0 Å². The molecule has 0 amide bonds. The lowest BCUT2D eigenvalue weighted by atomic mass is 9.88. The molecule has 1 aromatic carbocycles. The lowest BCUT2D eigenvalue weighted by Gasteiger charge is -2.49. The first-order valence-electron chi connectivity index (χ1n) is 12.6. The first-order chi connectivity index (χ1) is 15.6. The van der Waals surface area contributed by atoms with Gasteiger partial charge in [0.1, 0.15) is 0 Å². The molecular weight excluding hydrogens is 432 g/mol. The molecule has 0 bridgehead atoms. The Balaban J connectivity index is 2.11. The number of hydrogen-bond donors (Lipinski definition) is 0. The van der Waals surface area contributed by atoms with E-state index in [1.807, 2.05) is 18.2 Å². The number of ether oxygens (including phenoxy) is 3. The lowest BCUT2D eigenvalue weighted by Crippen LogP contribution is -2.55. The van der Waals surface area contributed by atoms with Crippen molar-refractivity contribution in [1.82, 2.24) is 0 Å². The Morgan fingerprint density at radius 1 is 1.06 bits per heavy atom. The van der Waals surface area contributed by atoms with Crippen LogP contribution in [-0.4, -0.2) is 46.3 Å². The molecule has 0 N–H and O–H groups in total. The Labute approximate surface area is 202 Å².